The number of hydrogen-bond donors (Lipinski definition) is 0. The Hall–Kier alpha value is -1.16. The molecule has 3 rings (SSSR count). The molecule has 6 nitrogen and oxygen atoms in total. The highest BCUT2D eigenvalue weighted by molar-refractivity contribution is 8.16. The third-order valence-corrected chi connectivity index (χ3v) is 7.24. The highest BCUT2D eigenvalue weighted by atomic mass is 35.5. The number of halogens is 2. The molecule has 1 amide bonds. The Morgan fingerprint density at radius 3 is 2.92 bits per heavy atom. The lowest BCUT2D eigenvalue weighted by atomic mass is 10.2. The number of anilines is 1. The van der Waals surface area contributed by atoms with Crippen molar-refractivity contribution in [2.24, 2.45) is 4.99 Å². The van der Waals surface area contributed by atoms with Gasteiger partial charge in [0.05, 0.1) is 22.6 Å². The molecule has 0 bridgehead atoms. The van der Waals surface area contributed by atoms with Gasteiger partial charge in [0.1, 0.15) is 12.4 Å². The maximum atomic E-state index is 13.4. The number of aliphatic imine (C=N–C) groups is 1. The molecule has 1 aromatic carbocycles. The molecule has 1 aromatic rings. The predicted molar refractivity (Wildman–Crippen MR) is 92.0 cm³/mol. The number of ether oxygens (including phenoxy) is 1. The fourth-order valence-corrected chi connectivity index (χ4v) is 6.87. The molecule has 10 heteroatoms. The summed E-state index contributed by atoms with van der Waals surface area (Å²) in [6.45, 7) is -0.171. The molecule has 0 spiro atoms. The number of hydrogen-bond acceptors (Lipinski definition) is 5. The fourth-order valence-electron chi connectivity index (χ4n) is 2.76. The van der Waals surface area contributed by atoms with E-state index in [4.69, 9.17) is 16.3 Å². The quantitative estimate of drug-likeness (QED) is 0.779. The van der Waals surface area contributed by atoms with Gasteiger partial charge >= 0.3 is 0 Å². The second kappa shape index (κ2) is 6.62. The molecule has 2 heterocycles. The highest BCUT2D eigenvalue weighted by Crippen LogP contribution is 2.41. The molecule has 0 saturated carbocycles. The Morgan fingerprint density at radius 1 is 1.50 bits per heavy atom. The molecule has 2 aliphatic rings. The smallest absolute Gasteiger partial charge is 0.274 e. The molecule has 2 fully saturated rings. The van der Waals surface area contributed by atoms with Crippen LogP contribution in [0.1, 0.15) is 0 Å². The van der Waals surface area contributed by atoms with E-state index in [9.17, 15) is 17.6 Å². The zero-order valence-corrected chi connectivity index (χ0v) is 15.0. The van der Waals surface area contributed by atoms with Gasteiger partial charge in [-0.25, -0.2) is 12.8 Å². The standard InChI is InChI=1S/C14H14ClFN2O4S2/c1-22-5-13(19)17-14-18(8-2-3-10(16)9(15)4-8)11-6-24(20,21)7-12(11)23-14/h2-4,11-12H,5-7H2,1H3/t11-,12-/m1/s1. The molecular formula is C14H14ClFN2O4S2. The van der Waals surface area contributed by atoms with Crippen molar-refractivity contribution in [2.45, 2.75) is 11.3 Å². The first-order valence-electron chi connectivity index (χ1n) is 7.02. The first kappa shape index (κ1) is 17.7. The maximum Gasteiger partial charge on any atom is 0.274 e. The Balaban J connectivity index is 2.01. The van der Waals surface area contributed by atoms with Gasteiger partial charge in [0, 0.05) is 18.0 Å². The number of methoxy groups -OCH3 is 1. The summed E-state index contributed by atoms with van der Waals surface area (Å²) in [6.07, 6.45) is 0. The molecule has 130 valence electrons. The van der Waals surface area contributed by atoms with Crippen LogP contribution in [0.5, 0.6) is 0 Å². The Bertz CT molecular complexity index is 815. The number of carbonyl (C=O) groups excluding carboxylic acids is 1. The van der Waals surface area contributed by atoms with Gasteiger partial charge in [0.15, 0.2) is 15.0 Å². The van der Waals surface area contributed by atoms with Crippen LogP contribution in [0.15, 0.2) is 23.2 Å². The van der Waals surface area contributed by atoms with E-state index in [1.54, 1.807) is 4.90 Å². The minimum Gasteiger partial charge on any atom is -0.375 e. The van der Waals surface area contributed by atoms with E-state index < -0.39 is 21.6 Å². The van der Waals surface area contributed by atoms with Crippen LogP contribution in [0.3, 0.4) is 0 Å². The van der Waals surface area contributed by atoms with E-state index in [-0.39, 0.29) is 34.4 Å². The van der Waals surface area contributed by atoms with Crippen molar-refractivity contribution in [2.75, 3.05) is 30.1 Å². The van der Waals surface area contributed by atoms with Crippen LogP contribution in [0, 0.1) is 5.82 Å². The zero-order chi connectivity index (χ0) is 17.5. The highest BCUT2D eigenvalue weighted by Gasteiger charge is 2.49. The van der Waals surface area contributed by atoms with Crippen molar-refractivity contribution in [1.82, 2.24) is 0 Å². The van der Waals surface area contributed by atoms with Crippen LogP contribution in [-0.4, -0.2) is 56.0 Å². The number of nitrogens with zero attached hydrogens (tertiary/aromatic N) is 2. The summed E-state index contributed by atoms with van der Waals surface area (Å²) in [5.74, 6) is -1.07. The summed E-state index contributed by atoms with van der Waals surface area (Å²) in [5.41, 5.74) is 0.502. The first-order chi connectivity index (χ1) is 11.3. The number of amides is 1. The van der Waals surface area contributed by atoms with E-state index in [1.807, 2.05) is 0 Å². The van der Waals surface area contributed by atoms with Crippen LogP contribution >= 0.6 is 23.4 Å². The maximum absolute atomic E-state index is 13.4. The Morgan fingerprint density at radius 2 is 2.25 bits per heavy atom. The molecule has 0 N–H and O–H groups in total. The Labute approximate surface area is 147 Å². The van der Waals surface area contributed by atoms with Crippen LogP contribution in [0.25, 0.3) is 0 Å². The lowest BCUT2D eigenvalue weighted by molar-refractivity contribution is -0.121. The second-order valence-corrected chi connectivity index (χ2v) is 9.26. The van der Waals surface area contributed by atoms with Crippen molar-refractivity contribution in [1.29, 1.82) is 0 Å². The summed E-state index contributed by atoms with van der Waals surface area (Å²) >= 11 is 7.08. The molecule has 0 radical (unpaired) electrons. The topological polar surface area (TPSA) is 76.0 Å². The average Bonchev–Trinajstić information content (AvgIpc) is 2.93. The molecule has 24 heavy (non-hydrogen) atoms. The van der Waals surface area contributed by atoms with Crippen LogP contribution in [0.4, 0.5) is 10.1 Å². The third-order valence-electron chi connectivity index (χ3n) is 3.74. The van der Waals surface area contributed by atoms with Crippen molar-refractivity contribution in [3.05, 3.63) is 29.0 Å². The van der Waals surface area contributed by atoms with Gasteiger partial charge in [-0.1, -0.05) is 23.4 Å². The average molecular weight is 393 g/mol. The fraction of sp³-hybridized carbons (Fsp3) is 0.429. The van der Waals surface area contributed by atoms with E-state index in [0.29, 0.717) is 10.9 Å². The molecule has 2 saturated heterocycles. The van der Waals surface area contributed by atoms with Crippen LogP contribution in [-0.2, 0) is 19.4 Å². The summed E-state index contributed by atoms with van der Waals surface area (Å²) < 4.78 is 42.0. The van der Waals surface area contributed by atoms with Crippen molar-refractivity contribution >= 4 is 50.0 Å². The van der Waals surface area contributed by atoms with Gasteiger partial charge in [0.25, 0.3) is 5.91 Å². The van der Waals surface area contributed by atoms with Crippen LogP contribution in [0.2, 0.25) is 5.02 Å². The largest absolute Gasteiger partial charge is 0.375 e. The number of fused-ring (bicyclic) bond motifs is 1. The number of benzene rings is 1. The monoisotopic (exact) mass is 392 g/mol. The SMILES string of the molecule is COCC(=O)N=C1S[C@@H]2CS(=O)(=O)C[C@H]2N1c1ccc(F)c(Cl)c1. The second-order valence-electron chi connectivity index (χ2n) is 5.49. The third kappa shape index (κ3) is 3.44. The normalized spacial score (nSPS) is 26.8. The van der Waals surface area contributed by atoms with E-state index >= 15 is 0 Å². The molecule has 0 aliphatic carbocycles. The van der Waals surface area contributed by atoms with E-state index in [0.717, 1.165) is 0 Å². The predicted octanol–water partition coefficient (Wildman–Crippen LogP) is 1.73. The summed E-state index contributed by atoms with van der Waals surface area (Å²) in [6, 6.07) is 3.73. The summed E-state index contributed by atoms with van der Waals surface area (Å²) in [5, 5.41) is 0.0712. The van der Waals surface area contributed by atoms with Crippen molar-refractivity contribution in [3.8, 4) is 0 Å². The molecule has 2 atom stereocenters. The van der Waals surface area contributed by atoms with Crippen LogP contribution < -0.4 is 4.90 Å². The molecule has 0 unspecified atom stereocenters. The van der Waals surface area contributed by atoms with E-state index in [2.05, 4.69) is 4.99 Å². The minimum atomic E-state index is -3.16. The number of sulfone groups is 1. The molecule has 0 aromatic heterocycles. The number of rotatable bonds is 3. The van der Waals surface area contributed by atoms with Crippen molar-refractivity contribution < 1.29 is 22.3 Å². The minimum absolute atomic E-state index is 0.0191. The lowest BCUT2D eigenvalue weighted by Gasteiger charge is -2.24. The first-order valence-corrected chi connectivity index (χ1v) is 10.1. The summed E-state index contributed by atoms with van der Waals surface area (Å²) in [4.78, 5) is 17.5. The molecule has 2 aliphatic heterocycles. The molecular weight excluding hydrogens is 379 g/mol. The Kier molecular flexibility index (Phi) is 4.87. The number of carbonyl (C=O) groups is 1. The lowest BCUT2D eigenvalue weighted by Crippen LogP contribution is -2.37. The van der Waals surface area contributed by atoms with Gasteiger partial charge in [-0.2, -0.15) is 4.99 Å². The van der Waals surface area contributed by atoms with Gasteiger partial charge in [-0.05, 0) is 18.2 Å². The number of amidine groups is 1. The van der Waals surface area contributed by atoms with E-state index in [1.165, 1.54) is 37.1 Å². The van der Waals surface area contributed by atoms with Gasteiger partial charge < -0.3 is 9.64 Å². The number of thioether (sulfide) groups is 1. The van der Waals surface area contributed by atoms with Gasteiger partial charge in [-0.3, -0.25) is 4.79 Å². The van der Waals surface area contributed by atoms with Gasteiger partial charge in [-0.15, -0.1) is 0 Å². The van der Waals surface area contributed by atoms with Gasteiger partial charge in [0.2, 0.25) is 0 Å². The zero-order valence-electron chi connectivity index (χ0n) is 12.6. The summed E-state index contributed by atoms with van der Waals surface area (Å²) in [7, 11) is -1.77. The van der Waals surface area contributed by atoms with Crippen molar-refractivity contribution in [3.63, 3.8) is 0 Å².